The minimum Gasteiger partial charge on any atom is -0.356 e. The summed E-state index contributed by atoms with van der Waals surface area (Å²) < 4.78 is 0. The molecule has 1 aromatic rings. The van der Waals surface area contributed by atoms with Gasteiger partial charge in [-0.2, -0.15) is 0 Å². The monoisotopic (exact) mass is 416 g/mol. The standard InChI is InChI=1S/C16H20N2O.C6H14.C3H8.C2H6/c1-6-17-12(3)9-13(4)18-16-10-15(14(5)19)8-7-11(16)2;1-5-6(2,3)4;1-3-2;1-2/h6-10,18H,4H2,1-3,5H3;5H2,1-4H3;3H2,1-2H3;1-2H3/b12-9-,17-6?;;;. The molecule has 0 aromatic heterocycles. The second-order valence-electron chi connectivity index (χ2n) is 8.03. The summed E-state index contributed by atoms with van der Waals surface area (Å²) in [6.07, 6.45) is 6.12. The maximum Gasteiger partial charge on any atom is 0.159 e. The Kier molecular flexibility index (Phi) is 20.4. The summed E-state index contributed by atoms with van der Waals surface area (Å²) in [6, 6.07) is 5.59. The van der Waals surface area contributed by atoms with Crippen LogP contribution in [0.1, 0.15) is 105 Å². The van der Waals surface area contributed by atoms with Crippen LogP contribution in [-0.2, 0) is 0 Å². The summed E-state index contributed by atoms with van der Waals surface area (Å²) in [5.41, 5.74) is 4.80. The number of anilines is 1. The fourth-order valence-electron chi connectivity index (χ4n) is 1.68. The molecule has 0 atom stereocenters. The number of nitrogens with zero attached hydrogens (tertiary/aromatic N) is 1. The predicted molar refractivity (Wildman–Crippen MR) is 139 cm³/mol. The minimum absolute atomic E-state index is 0.0518. The van der Waals surface area contributed by atoms with E-state index < -0.39 is 0 Å². The van der Waals surface area contributed by atoms with Crippen LogP contribution >= 0.6 is 0 Å². The predicted octanol–water partition coefficient (Wildman–Crippen LogP) is 9.00. The minimum atomic E-state index is 0.0518. The molecule has 1 N–H and O–H groups in total. The molecular formula is C27H48N2O. The summed E-state index contributed by atoms with van der Waals surface area (Å²) in [5, 5.41) is 3.20. The highest BCUT2D eigenvalue weighted by Crippen LogP contribution is 2.19. The normalized spacial score (nSPS) is 10.6. The van der Waals surface area contributed by atoms with E-state index in [1.807, 2.05) is 58.9 Å². The molecule has 30 heavy (non-hydrogen) atoms. The van der Waals surface area contributed by atoms with Crippen LogP contribution in [0.25, 0.3) is 0 Å². The fourth-order valence-corrected chi connectivity index (χ4v) is 1.68. The highest BCUT2D eigenvalue weighted by molar-refractivity contribution is 5.95. The van der Waals surface area contributed by atoms with Gasteiger partial charge in [-0.3, -0.25) is 9.79 Å². The van der Waals surface area contributed by atoms with Gasteiger partial charge < -0.3 is 5.32 Å². The number of carbonyl (C=O) groups excluding carboxylic acids is 1. The van der Waals surface area contributed by atoms with Crippen molar-refractivity contribution in [1.29, 1.82) is 0 Å². The van der Waals surface area contributed by atoms with Crippen LogP contribution in [0.5, 0.6) is 0 Å². The molecule has 0 radical (unpaired) electrons. The number of aliphatic imine (C=N–C) groups is 1. The van der Waals surface area contributed by atoms with Gasteiger partial charge >= 0.3 is 0 Å². The van der Waals surface area contributed by atoms with E-state index in [-0.39, 0.29) is 5.78 Å². The van der Waals surface area contributed by atoms with Crippen molar-refractivity contribution in [3.05, 3.63) is 53.4 Å². The molecule has 1 rings (SSSR count). The van der Waals surface area contributed by atoms with Crippen molar-refractivity contribution >= 4 is 17.7 Å². The molecule has 0 amide bonds. The van der Waals surface area contributed by atoms with E-state index in [0.717, 1.165) is 22.6 Å². The lowest BCUT2D eigenvalue weighted by Gasteiger charge is -2.12. The fraction of sp³-hybridized carbons (Fsp3) is 0.556. The first-order valence-corrected chi connectivity index (χ1v) is 11.2. The Hall–Kier alpha value is -2.16. The van der Waals surface area contributed by atoms with Crippen molar-refractivity contribution in [1.82, 2.24) is 0 Å². The molecule has 1 aromatic carbocycles. The van der Waals surface area contributed by atoms with E-state index in [4.69, 9.17) is 0 Å². The average Bonchev–Trinajstić information content (AvgIpc) is 2.65. The van der Waals surface area contributed by atoms with Crippen molar-refractivity contribution in [2.75, 3.05) is 5.32 Å². The number of Topliss-reactive ketones (excluding diaryl/α,β-unsaturated/α-hetero) is 1. The second-order valence-corrected chi connectivity index (χ2v) is 8.03. The lowest BCUT2D eigenvalue weighted by Crippen LogP contribution is -2.01. The number of nitrogens with one attached hydrogen (secondary N) is 1. The summed E-state index contributed by atoms with van der Waals surface area (Å²) in [7, 11) is 0. The highest BCUT2D eigenvalue weighted by atomic mass is 16.1. The topological polar surface area (TPSA) is 41.5 Å². The van der Waals surface area contributed by atoms with Gasteiger partial charge in [0.05, 0.1) is 0 Å². The van der Waals surface area contributed by atoms with E-state index in [2.05, 4.69) is 58.4 Å². The van der Waals surface area contributed by atoms with Crippen molar-refractivity contribution in [3.63, 3.8) is 0 Å². The van der Waals surface area contributed by atoms with Crippen LogP contribution in [0, 0.1) is 12.3 Å². The van der Waals surface area contributed by atoms with Gasteiger partial charge in [0, 0.05) is 28.9 Å². The zero-order valence-corrected chi connectivity index (χ0v) is 21.9. The van der Waals surface area contributed by atoms with Gasteiger partial charge in [-0.25, -0.2) is 0 Å². The molecule has 0 bridgehead atoms. The van der Waals surface area contributed by atoms with Crippen LogP contribution in [0.2, 0.25) is 0 Å². The van der Waals surface area contributed by atoms with Gasteiger partial charge in [-0.05, 0) is 50.8 Å². The van der Waals surface area contributed by atoms with Crippen LogP contribution < -0.4 is 5.32 Å². The number of rotatable bonds is 5. The van der Waals surface area contributed by atoms with Crippen LogP contribution in [0.3, 0.4) is 0 Å². The van der Waals surface area contributed by atoms with Gasteiger partial charge in [0.1, 0.15) is 0 Å². The summed E-state index contributed by atoms with van der Waals surface area (Å²) in [6.45, 7) is 28.5. The number of ketones is 1. The Morgan fingerprint density at radius 2 is 1.60 bits per heavy atom. The molecule has 0 fully saturated rings. The van der Waals surface area contributed by atoms with Crippen molar-refractivity contribution in [2.24, 2.45) is 10.4 Å². The van der Waals surface area contributed by atoms with Crippen LogP contribution in [-0.4, -0.2) is 12.0 Å². The summed E-state index contributed by atoms with van der Waals surface area (Å²) in [4.78, 5) is 15.5. The molecule has 0 aliphatic heterocycles. The number of benzene rings is 1. The largest absolute Gasteiger partial charge is 0.356 e. The zero-order chi connectivity index (χ0) is 24.3. The van der Waals surface area contributed by atoms with Crippen molar-refractivity contribution in [2.45, 2.75) is 95.9 Å². The number of hydrogen-bond acceptors (Lipinski definition) is 3. The van der Waals surface area contributed by atoms with Crippen LogP contribution in [0.15, 0.2) is 47.2 Å². The van der Waals surface area contributed by atoms with Gasteiger partial charge in [-0.1, -0.05) is 86.9 Å². The van der Waals surface area contributed by atoms with E-state index in [0.29, 0.717) is 11.0 Å². The maximum absolute atomic E-state index is 11.4. The van der Waals surface area contributed by atoms with E-state index in [9.17, 15) is 4.79 Å². The molecule has 0 heterocycles. The molecule has 0 unspecified atom stereocenters. The molecule has 0 saturated heterocycles. The van der Waals surface area contributed by atoms with Gasteiger partial charge in [0.2, 0.25) is 0 Å². The Bertz CT molecular complexity index is 662. The molecule has 0 spiro atoms. The molecule has 0 aliphatic carbocycles. The van der Waals surface area contributed by atoms with Gasteiger partial charge in [-0.15, -0.1) is 0 Å². The van der Waals surface area contributed by atoms with Crippen molar-refractivity contribution in [3.8, 4) is 0 Å². The SMILES string of the molecule is C=C(/C=C(/C)N=CC)Nc1cc(C(C)=O)ccc1C.CC.CCC.CCC(C)(C)C. The molecule has 3 heteroatoms. The lowest BCUT2D eigenvalue weighted by molar-refractivity contribution is 0.101. The molecule has 172 valence electrons. The van der Waals surface area contributed by atoms with Crippen LogP contribution in [0.4, 0.5) is 5.69 Å². The van der Waals surface area contributed by atoms with E-state index in [1.54, 1.807) is 13.1 Å². The first-order valence-electron chi connectivity index (χ1n) is 11.2. The molecule has 0 aliphatic rings. The summed E-state index contributed by atoms with van der Waals surface area (Å²) >= 11 is 0. The third-order valence-electron chi connectivity index (χ3n) is 3.72. The third-order valence-corrected chi connectivity index (χ3v) is 3.72. The quantitative estimate of drug-likeness (QED) is 0.295. The molecule has 0 saturated carbocycles. The summed E-state index contributed by atoms with van der Waals surface area (Å²) in [5.74, 6) is 0.0518. The maximum atomic E-state index is 11.4. The number of aryl methyl sites for hydroxylation is 1. The zero-order valence-electron chi connectivity index (χ0n) is 21.9. The number of hydrogen-bond donors (Lipinski definition) is 1. The third kappa shape index (κ3) is 19.2. The molecule has 3 nitrogen and oxygen atoms in total. The van der Waals surface area contributed by atoms with Gasteiger partial charge in [0.25, 0.3) is 0 Å². The Morgan fingerprint density at radius 3 is 1.97 bits per heavy atom. The Morgan fingerprint density at radius 1 is 1.13 bits per heavy atom. The number of carbonyl (C=O) groups is 1. The first-order chi connectivity index (χ1) is 13.9. The Labute approximate surface area is 187 Å². The molecular weight excluding hydrogens is 368 g/mol. The number of allylic oxidation sites excluding steroid dienone is 2. The smallest absolute Gasteiger partial charge is 0.159 e. The average molecular weight is 417 g/mol. The Balaban J connectivity index is -0.000000552. The van der Waals surface area contributed by atoms with E-state index in [1.165, 1.54) is 12.8 Å². The van der Waals surface area contributed by atoms with Crippen molar-refractivity contribution < 1.29 is 4.79 Å². The van der Waals surface area contributed by atoms with E-state index >= 15 is 0 Å². The second kappa shape index (κ2) is 18.8. The van der Waals surface area contributed by atoms with Gasteiger partial charge in [0.15, 0.2) is 5.78 Å². The lowest BCUT2D eigenvalue weighted by atomic mass is 9.94. The first kappa shape index (κ1) is 32.5. The highest BCUT2D eigenvalue weighted by Gasteiger charge is 2.04.